The number of nitrogens with one attached hydrogen (secondary N) is 1. The van der Waals surface area contributed by atoms with Crippen molar-refractivity contribution in [2.75, 3.05) is 13.2 Å². The summed E-state index contributed by atoms with van der Waals surface area (Å²) in [6.45, 7) is 6.66. The molecule has 3 rings (SSSR count). The van der Waals surface area contributed by atoms with Gasteiger partial charge >= 0.3 is 0 Å². The number of benzene rings is 3. The van der Waals surface area contributed by atoms with Crippen LogP contribution in [-0.4, -0.2) is 35.9 Å². The maximum absolute atomic E-state index is 13.6. The molecule has 0 unspecified atom stereocenters. The van der Waals surface area contributed by atoms with Crippen LogP contribution in [0.4, 0.5) is 0 Å². The molecule has 190 valence electrons. The van der Waals surface area contributed by atoms with E-state index >= 15 is 0 Å². The summed E-state index contributed by atoms with van der Waals surface area (Å²) in [5, 5.41) is 3.42. The fourth-order valence-corrected chi connectivity index (χ4v) is 4.53. The van der Waals surface area contributed by atoms with Crippen LogP contribution in [-0.2, 0) is 22.6 Å². The molecule has 0 saturated carbocycles. The molecule has 0 aliphatic carbocycles. The number of hydrogen-bond donors (Lipinski definition) is 1. The van der Waals surface area contributed by atoms with Crippen molar-refractivity contribution >= 4 is 39.3 Å². The summed E-state index contributed by atoms with van der Waals surface area (Å²) in [4.78, 5) is 28.7. The molecule has 0 radical (unpaired) electrons. The van der Waals surface area contributed by atoms with Crippen molar-refractivity contribution in [1.82, 2.24) is 10.2 Å². The number of amides is 2. The number of aryl methyl sites for hydroxylation is 1. The largest absolute Gasteiger partial charge is 0.482 e. The van der Waals surface area contributed by atoms with Crippen LogP contribution in [0, 0.1) is 12.8 Å². The molecule has 1 atom stereocenters. The first-order chi connectivity index (χ1) is 17.2. The lowest BCUT2D eigenvalue weighted by atomic mass is 10.0. The maximum Gasteiger partial charge on any atom is 0.261 e. The van der Waals surface area contributed by atoms with Crippen LogP contribution < -0.4 is 10.1 Å². The lowest BCUT2D eigenvalue weighted by Crippen LogP contribution is -2.52. The zero-order valence-electron chi connectivity index (χ0n) is 20.8. The van der Waals surface area contributed by atoms with Crippen LogP contribution in [0.5, 0.6) is 5.75 Å². The molecule has 0 aliphatic rings. The second-order valence-electron chi connectivity index (χ2n) is 9.22. The Morgan fingerprint density at radius 1 is 1.00 bits per heavy atom. The Morgan fingerprint density at radius 3 is 2.39 bits per heavy atom. The number of carbonyl (C=O) groups excluding carboxylic acids is 2. The van der Waals surface area contributed by atoms with Gasteiger partial charge < -0.3 is 15.0 Å². The van der Waals surface area contributed by atoms with Gasteiger partial charge in [-0.2, -0.15) is 0 Å². The zero-order valence-corrected chi connectivity index (χ0v) is 23.2. The van der Waals surface area contributed by atoms with Gasteiger partial charge in [0.2, 0.25) is 5.91 Å². The predicted octanol–water partition coefficient (Wildman–Crippen LogP) is 6.20. The summed E-state index contributed by atoms with van der Waals surface area (Å²) in [5.41, 5.74) is 3.00. The van der Waals surface area contributed by atoms with Crippen LogP contribution in [0.2, 0.25) is 5.02 Å². The van der Waals surface area contributed by atoms with E-state index < -0.39 is 6.04 Å². The molecule has 0 spiro atoms. The SMILES string of the molecule is Cc1cccc(CN(C(=O)COc2ccc(Br)cc2Cl)[C@@H](Cc2ccccc2)C(=O)NCC(C)C)c1. The van der Waals surface area contributed by atoms with Crippen molar-refractivity contribution in [2.45, 2.75) is 39.8 Å². The molecule has 0 aliphatic heterocycles. The highest BCUT2D eigenvalue weighted by Gasteiger charge is 2.31. The lowest BCUT2D eigenvalue weighted by Gasteiger charge is -2.32. The summed E-state index contributed by atoms with van der Waals surface area (Å²) in [7, 11) is 0. The molecule has 3 aromatic carbocycles. The minimum atomic E-state index is -0.705. The molecule has 36 heavy (non-hydrogen) atoms. The van der Waals surface area contributed by atoms with Gasteiger partial charge in [-0.25, -0.2) is 0 Å². The molecule has 5 nitrogen and oxygen atoms in total. The van der Waals surface area contributed by atoms with E-state index in [1.807, 2.05) is 75.4 Å². The van der Waals surface area contributed by atoms with Crippen LogP contribution in [0.1, 0.15) is 30.5 Å². The monoisotopic (exact) mass is 570 g/mol. The fourth-order valence-electron chi connectivity index (χ4n) is 3.80. The fraction of sp³-hybridized carbons (Fsp3) is 0.310. The topological polar surface area (TPSA) is 58.6 Å². The second-order valence-corrected chi connectivity index (χ2v) is 10.5. The molecule has 7 heteroatoms. The predicted molar refractivity (Wildman–Crippen MR) is 148 cm³/mol. The Bertz CT molecular complexity index is 1170. The Hall–Kier alpha value is -2.83. The molecule has 1 N–H and O–H groups in total. The van der Waals surface area contributed by atoms with Crippen LogP contribution in [0.15, 0.2) is 77.3 Å². The average Bonchev–Trinajstić information content (AvgIpc) is 2.84. The number of halogens is 2. The van der Waals surface area contributed by atoms with Gasteiger partial charge in [0, 0.05) is 24.0 Å². The maximum atomic E-state index is 13.6. The van der Waals surface area contributed by atoms with Crippen molar-refractivity contribution < 1.29 is 14.3 Å². The first kappa shape index (κ1) is 27.8. The third kappa shape index (κ3) is 8.38. The molecule has 0 aromatic heterocycles. The summed E-state index contributed by atoms with van der Waals surface area (Å²) in [6.07, 6.45) is 0.390. The van der Waals surface area contributed by atoms with Crippen LogP contribution >= 0.6 is 27.5 Å². The van der Waals surface area contributed by atoms with Gasteiger partial charge in [-0.3, -0.25) is 9.59 Å². The molecule has 0 fully saturated rings. The van der Waals surface area contributed by atoms with E-state index in [0.717, 1.165) is 21.2 Å². The van der Waals surface area contributed by atoms with Gasteiger partial charge in [-0.15, -0.1) is 0 Å². The Morgan fingerprint density at radius 2 is 1.72 bits per heavy atom. The number of hydrogen-bond acceptors (Lipinski definition) is 3. The first-order valence-corrected chi connectivity index (χ1v) is 13.1. The van der Waals surface area contributed by atoms with Crippen molar-refractivity contribution in [3.8, 4) is 5.75 Å². The van der Waals surface area contributed by atoms with Gasteiger partial charge in [-0.1, -0.05) is 102 Å². The minimum Gasteiger partial charge on any atom is -0.482 e. The zero-order chi connectivity index (χ0) is 26.1. The van der Waals surface area contributed by atoms with Crippen molar-refractivity contribution in [1.29, 1.82) is 0 Å². The molecular formula is C29H32BrClN2O3. The third-order valence-electron chi connectivity index (χ3n) is 5.64. The van der Waals surface area contributed by atoms with Crippen LogP contribution in [0.25, 0.3) is 0 Å². The van der Waals surface area contributed by atoms with E-state index in [0.29, 0.717) is 23.7 Å². The molecule has 2 amide bonds. The van der Waals surface area contributed by atoms with E-state index in [1.54, 1.807) is 23.1 Å². The molecule has 3 aromatic rings. The normalized spacial score (nSPS) is 11.7. The minimum absolute atomic E-state index is 0.185. The van der Waals surface area contributed by atoms with Gasteiger partial charge in [0.25, 0.3) is 5.91 Å². The number of rotatable bonds is 11. The highest BCUT2D eigenvalue weighted by atomic mass is 79.9. The van der Waals surface area contributed by atoms with Gasteiger partial charge in [0.1, 0.15) is 11.8 Å². The quantitative estimate of drug-likeness (QED) is 0.298. The Kier molecular flexibility index (Phi) is 10.4. The highest BCUT2D eigenvalue weighted by Crippen LogP contribution is 2.28. The first-order valence-electron chi connectivity index (χ1n) is 12.0. The molecule has 0 heterocycles. The van der Waals surface area contributed by atoms with Crippen molar-refractivity contribution in [3.05, 3.63) is 99.0 Å². The summed E-state index contributed by atoms with van der Waals surface area (Å²) >= 11 is 9.66. The highest BCUT2D eigenvalue weighted by molar-refractivity contribution is 9.10. The second kappa shape index (κ2) is 13.5. The van der Waals surface area contributed by atoms with Gasteiger partial charge in [0.05, 0.1) is 5.02 Å². The van der Waals surface area contributed by atoms with Crippen molar-refractivity contribution in [2.24, 2.45) is 5.92 Å². The summed E-state index contributed by atoms with van der Waals surface area (Å²) in [5.74, 6) is 0.217. The lowest BCUT2D eigenvalue weighted by molar-refractivity contribution is -0.142. The molecular weight excluding hydrogens is 540 g/mol. The van der Waals surface area contributed by atoms with E-state index in [4.69, 9.17) is 16.3 Å². The summed E-state index contributed by atoms with van der Waals surface area (Å²) < 4.78 is 6.62. The number of ether oxygens (including phenoxy) is 1. The Labute approximate surface area is 226 Å². The van der Waals surface area contributed by atoms with Crippen molar-refractivity contribution in [3.63, 3.8) is 0 Å². The standard InChI is InChI=1S/C29H32BrClN2O3/c1-20(2)17-32-29(35)26(15-22-9-5-4-6-10-22)33(18-23-11-7-8-21(3)14-23)28(34)19-36-27-13-12-24(30)16-25(27)31/h4-14,16,20,26H,15,17-19H2,1-3H3,(H,32,35)/t26-/m0/s1. The Balaban J connectivity index is 1.91. The van der Waals surface area contributed by atoms with Gasteiger partial charge in [-0.05, 0) is 42.2 Å². The van der Waals surface area contributed by atoms with E-state index in [2.05, 4.69) is 21.2 Å². The molecule has 0 saturated heterocycles. The summed E-state index contributed by atoms with van der Waals surface area (Å²) in [6, 6.07) is 22.2. The number of carbonyl (C=O) groups is 2. The van der Waals surface area contributed by atoms with Crippen LogP contribution in [0.3, 0.4) is 0 Å². The molecule has 0 bridgehead atoms. The van der Waals surface area contributed by atoms with E-state index in [-0.39, 0.29) is 30.9 Å². The van der Waals surface area contributed by atoms with E-state index in [1.165, 1.54) is 0 Å². The van der Waals surface area contributed by atoms with E-state index in [9.17, 15) is 9.59 Å². The van der Waals surface area contributed by atoms with Gasteiger partial charge in [0.15, 0.2) is 6.61 Å². The number of nitrogens with zero attached hydrogens (tertiary/aromatic N) is 1. The average molecular weight is 572 g/mol. The smallest absolute Gasteiger partial charge is 0.261 e. The third-order valence-corrected chi connectivity index (χ3v) is 6.42.